The summed E-state index contributed by atoms with van der Waals surface area (Å²) >= 11 is 0. The van der Waals surface area contributed by atoms with Crippen molar-refractivity contribution in [2.45, 2.75) is 19.4 Å². The maximum atomic E-state index is 5.59. The molecule has 0 fully saturated rings. The lowest BCUT2D eigenvalue weighted by Gasteiger charge is -2.03. The molecule has 0 aromatic carbocycles. The molecule has 0 aromatic rings. The van der Waals surface area contributed by atoms with Gasteiger partial charge in [0.15, 0.2) is 0 Å². The van der Waals surface area contributed by atoms with Gasteiger partial charge in [0.25, 0.3) is 0 Å². The van der Waals surface area contributed by atoms with Crippen molar-refractivity contribution in [1.82, 2.24) is 0 Å². The van der Waals surface area contributed by atoms with Crippen molar-refractivity contribution in [3.8, 4) is 0 Å². The number of rotatable bonds is 1. The van der Waals surface area contributed by atoms with E-state index in [1.165, 1.54) is 5.57 Å². The molecule has 1 heteroatoms. The summed E-state index contributed by atoms with van der Waals surface area (Å²) in [6, 6.07) is 0.241. The van der Waals surface area contributed by atoms with Gasteiger partial charge in [-0.05, 0) is 13.3 Å². The van der Waals surface area contributed by atoms with Crippen LogP contribution >= 0.6 is 0 Å². The van der Waals surface area contributed by atoms with Crippen LogP contribution in [0.4, 0.5) is 0 Å². The molecule has 0 heterocycles. The summed E-state index contributed by atoms with van der Waals surface area (Å²) in [6.45, 7) is 2.01. The summed E-state index contributed by atoms with van der Waals surface area (Å²) in [5.74, 6) is 0. The van der Waals surface area contributed by atoms with Crippen molar-refractivity contribution in [3.05, 3.63) is 23.8 Å². The molecule has 2 N–H and O–H groups in total. The highest BCUT2D eigenvalue weighted by Gasteiger charge is 2.02. The zero-order chi connectivity index (χ0) is 5.98. The predicted molar refractivity (Wildman–Crippen MR) is 35.5 cm³/mol. The quantitative estimate of drug-likeness (QED) is 0.538. The summed E-state index contributed by atoms with van der Waals surface area (Å²) in [6.07, 6.45) is 7.32. The van der Waals surface area contributed by atoms with Crippen LogP contribution in [0.2, 0.25) is 0 Å². The van der Waals surface area contributed by atoms with Crippen LogP contribution in [0.15, 0.2) is 23.8 Å². The fraction of sp³-hybridized carbons (Fsp3) is 0.429. The molecule has 0 aromatic heterocycles. The molecule has 8 heavy (non-hydrogen) atoms. The van der Waals surface area contributed by atoms with Gasteiger partial charge in [0.05, 0.1) is 0 Å². The first-order valence-corrected chi connectivity index (χ1v) is 2.92. The van der Waals surface area contributed by atoms with E-state index in [9.17, 15) is 0 Å². The Morgan fingerprint density at radius 1 is 1.75 bits per heavy atom. The normalized spacial score (nSPS) is 21.0. The predicted octanol–water partition coefficient (Wildman–Crippen LogP) is 1.22. The van der Waals surface area contributed by atoms with Gasteiger partial charge in [-0.25, -0.2) is 0 Å². The third-order valence-corrected chi connectivity index (χ3v) is 1.38. The number of allylic oxidation sites excluding steroid dienone is 3. The first-order valence-electron chi connectivity index (χ1n) is 2.92. The van der Waals surface area contributed by atoms with Gasteiger partial charge in [-0.1, -0.05) is 23.8 Å². The standard InChI is InChI=1S/C7H11N/c1-6(8)7-4-2-3-5-7/h2-4,6H,5,8H2,1H3/t6-/m0/s1. The lowest BCUT2D eigenvalue weighted by atomic mass is 10.1. The van der Waals surface area contributed by atoms with Crippen LogP contribution in [0, 0.1) is 0 Å². The highest BCUT2D eigenvalue weighted by Crippen LogP contribution is 2.11. The van der Waals surface area contributed by atoms with Crippen LogP contribution < -0.4 is 5.73 Å². The summed E-state index contributed by atoms with van der Waals surface area (Å²) < 4.78 is 0. The van der Waals surface area contributed by atoms with Crippen LogP contribution in [0.25, 0.3) is 0 Å². The second-order valence-corrected chi connectivity index (χ2v) is 2.16. The van der Waals surface area contributed by atoms with Gasteiger partial charge in [0.2, 0.25) is 0 Å². The van der Waals surface area contributed by atoms with E-state index in [0.717, 1.165) is 6.42 Å². The third kappa shape index (κ3) is 0.984. The Bertz CT molecular complexity index is 131. The van der Waals surface area contributed by atoms with Gasteiger partial charge < -0.3 is 5.73 Å². The highest BCUT2D eigenvalue weighted by molar-refractivity contribution is 5.25. The van der Waals surface area contributed by atoms with E-state index in [-0.39, 0.29) is 6.04 Å². The van der Waals surface area contributed by atoms with Crippen LogP contribution in [-0.2, 0) is 0 Å². The second kappa shape index (κ2) is 2.14. The van der Waals surface area contributed by atoms with Crippen LogP contribution in [-0.4, -0.2) is 6.04 Å². The van der Waals surface area contributed by atoms with Crippen molar-refractivity contribution < 1.29 is 0 Å². The Hall–Kier alpha value is -0.560. The van der Waals surface area contributed by atoms with Gasteiger partial charge in [-0.15, -0.1) is 0 Å². The molecule has 0 saturated heterocycles. The molecule has 0 radical (unpaired) electrons. The summed E-state index contributed by atoms with van der Waals surface area (Å²) in [4.78, 5) is 0. The average Bonchev–Trinajstić information content (AvgIpc) is 2.12. The third-order valence-electron chi connectivity index (χ3n) is 1.38. The van der Waals surface area contributed by atoms with Crippen molar-refractivity contribution in [2.75, 3.05) is 0 Å². The second-order valence-electron chi connectivity index (χ2n) is 2.16. The largest absolute Gasteiger partial charge is 0.324 e. The number of nitrogens with two attached hydrogens (primary N) is 1. The Balaban J connectivity index is 2.51. The van der Waals surface area contributed by atoms with Gasteiger partial charge in [0.1, 0.15) is 0 Å². The van der Waals surface area contributed by atoms with Gasteiger partial charge >= 0.3 is 0 Å². The topological polar surface area (TPSA) is 26.0 Å². The summed E-state index contributed by atoms with van der Waals surface area (Å²) in [7, 11) is 0. The van der Waals surface area contributed by atoms with Crippen LogP contribution in [0.5, 0.6) is 0 Å². The number of hydrogen-bond acceptors (Lipinski definition) is 1. The van der Waals surface area contributed by atoms with Crippen molar-refractivity contribution in [3.63, 3.8) is 0 Å². The van der Waals surface area contributed by atoms with E-state index in [2.05, 4.69) is 18.2 Å². The molecule has 1 nitrogen and oxygen atoms in total. The van der Waals surface area contributed by atoms with E-state index in [1.807, 2.05) is 6.92 Å². The molecule has 0 amide bonds. The van der Waals surface area contributed by atoms with Crippen molar-refractivity contribution >= 4 is 0 Å². The minimum absolute atomic E-state index is 0.241. The van der Waals surface area contributed by atoms with E-state index in [0.29, 0.717) is 0 Å². The van der Waals surface area contributed by atoms with E-state index in [4.69, 9.17) is 5.73 Å². The van der Waals surface area contributed by atoms with Crippen molar-refractivity contribution in [2.24, 2.45) is 5.73 Å². The fourth-order valence-corrected chi connectivity index (χ4v) is 0.801. The molecule has 1 aliphatic carbocycles. The molecule has 1 rings (SSSR count). The van der Waals surface area contributed by atoms with Gasteiger partial charge in [-0.3, -0.25) is 0 Å². The molecular formula is C7H11N. The molecule has 44 valence electrons. The zero-order valence-electron chi connectivity index (χ0n) is 5.09. The summed E-state index contributed by atoms with van der Waals surface area (Å²) in [5.41, 5.74) is 6.93. The maximum absolute atomic E-state index is 5.59. The monoisotopic (exact) mass is 109 g/mol. The number of hydrogen-bond donors (Lipinski definition) is 1. The smallest absolute Gasteiger partial charge is 0.0231 e. The Labute approximate surface area is 49.9 Å². The zero-order valence-corrected chi connectivity index (χ0v) is 5.09. The van der Waals surface area contributed by atoms with Gasteiger partial charge in [0, 0.05) is 6.04 Å². The van der Waals surface area contributed by atoms with Crippen LogP contribution in [0.1, 0.15) is 13.3 Å². The van der Waals surface area contributed by atoms with E-state index >= 15 is 0 Å². The van der Waals surface area contributed by atoms with E-state index < -0.39 is 0 Å². The Morgan fingerprint density at radius 2 is 2.50 bits per heavy atom. The highest BCUT2D eigenvalue weighted by atomic mass is 14.6. The molecule has 1 atom stereocenters. The molecule has 0 bridgehead atoms. The molecule has 0 spiro atoms. The molecule has 0 aliphatic heterocycles. The SMILES string of the molecule is C[C@H](N)C1=CC=CC1. The van der Waals surface area contributed by atoms with E-state index in [1.54, 1.807) is 0 Å². The average molecular weight is 109 g/mol. The lowest BCUT2D eigenvalue weighted by molar-refractivity contribution is 0.841. The lowest BCUT2D eigenvalue weighted by Crippen LogP contribution is -2.16. The minimum atomic E-state index is 0.241. The molecule has 0 saturated carbocycles. The first-order chi connectivity index (χ1) is 3.80. The fourth-order valence-electron chi connectivity index (χ4n) is 0.801. The molecule has 1 aliphatic rings. The van der Waals surface area contributed by atoms with Gasteiger partial charge in [-0.2, -0.15) is 0 Å². The molecule has 0 unspecified atom stereocenters. The maximum Gasteiger partial charge on any atom is 0.0231 e. The Morgan fingerprint density at radius 3 is 2.75 bits per heavy atom. The van der Waals surface area contributed by atoms with Crippen LogP contribution in [0.3, 0.4) is 0 Å². The Kier molecular flexibility index (Phi) is 1.49. The minimum Gasteiger partial charge on any atom is -0.324 e. The summed E-state index contributed by atoms with van der Waals surface area (Å²) in [5, 5.41) is 0. The first kappa shape index (κ1) is 5.57. The van der Waals surface area contributed by atoms with Crippen molar-refractivity contribution in [1.29, 1.82) is 0 Å². The molecular weight excluding hydrogens is 98.1 g/mol.